The Morgan fingerprint density at radius 1 is 0.325 bits per heavy atom. The molecule has 27 nitrogen and oxygen atoms in total. The molecule has 0 saturated carbocycles. The van der Waals surface area contributed by atoms with Crippen molar-refractivity contribution in [1.82, 2.24) is 0 Å². The van der Waals surface area contributed by atoms with Crippen molar-refractivity contribution in [3.05, 3.63) is 0 Å². The lowest BCUT2D eigenvalue weighted by atomic mass is 10.0. The van der Waals surface area contributed by atoms with E-state index in [-0.39, 0.29) is 163 Å². The fourth-order valence-electron chi connectivity index (χ4n) is 9.94. The van der Waals surface area contributed by atoms with Crippen LogP contribution in [0, 0.1) is 11.8 Å². The Morgan fingerprint density at radius 3 is 0.838 bits per heavy atom. The summed E-state index contributed by atoms with van der Waals surface area (Å²) in [6, 6.07) is 0. The SMILES string of the molecule is CC(=O)CCCC(=O)O[C@H]1CO[C@H]2[C@@H]1OC[C@@H]2O.CC(=O)CCCC(=O)O[C@H]1CO[C@H]2[C@@H]1OC[C@@H]2OC(=O)CCCC(=O)O.C[C@@H]1CO[C@H]2[C@@H]1OC[C@H]2OC(=O)CCCC(=O)O.C[C@H]1CO[C@H]2[C@@H]1OC[C@@H]2OC(=O)CCCC(=O)O. The normalized spacial score (nSPS) is 31.9. The number of Topliss-reactive ketones (excluding diaryl/α,β-unsaturated/α-hetero) is 2. The molecule has 80 heavy (non-hydrogen) atoms. The summed E-state index contributed by atoms with van der Waals surface area (Å²) >= 11 is 0. The molecule has 0 amide bonds. The van der Waals surface area contributed by atoms with Crippen LogP contribution in [-0.4, -0.2) is 218 Å². The maximum atomic E-state index is 11.8. The van der Waals surface area contributed by atoms with Crippen LogP contribution in [-0.2, 0) is 110 Å². The van der Waals surface area contributed by atoms with Gasteiger partial charge in [-0.15, -0.1) is 0 Å². The van der Waals surface area contributed by atoms with E-state index in [0.717, 1.165) is 0 Å². The maximum Gasteiger partial charge on any atom is 0.306 e. The third kappa shape index (κ3) is 21.2. The minimum absolute atomic E-state index is 0.00868. The molecule has 0 bridgehead atoms. The number of ketones is 2. The molecule has 0 aliphatic carbocycles. The molecule has 8 heterocycles. The molecule has 0 aromatic heterocycles. The van der Waals surface area contributed by atoms with Crippen molar-refractivity contribution in [2.45, 2.75) is 209 Å². The van der Waals surface area contributed by atoms with E-state index in [1.165, 1.54) is 13.8 Å². The van der Waals surface area contributed by atoms with Crippen LogP contribution in [0.3, 0.4) is 0 Å². The number of aliphatic hydroxyl groups is 1. The fraction of sp³-hybridized carbons (Fsp3) is 0.811. The van der Waals surface area contributed by atoms with Crippen molar-refractivity contribution < 1.29 is 130 Å². The summed E-state index contributed by atoms with van der Waals surface area (Å²) in [4.78, 5) is 111. The van der Waals surface area contributed by atoms with Crippen LogP contribution in [0.1, 0.15) is 124 Å². The lowest BCUT2D eigenvalue weighted by Gasteiger charge is -2.17. The van der Waals surface area contributed by atoms with E-state index in [2.05, 4.69) is 0 Å². The number of aliphatic carboxylic acids is 3. The Balaban J connectivity index is 0.000000199. The molecular weight excluding hydrogens is 1070 g/mol. The van der Waals surface area contributed by atoms with Crippen LogP contribution < -0.4 is 0 Å². The number of carboxylic acids is 3. The van der Waals surface area contributed by atoms with Crippen LogP contribution in [0.5, 0.6) is 0 Å². The lowest BCUT2D eigenvalue weighted by Crippen LogP contribution is -2.36. The number of fused-ring (bicyclic) bond motifs is 4. The highest BCUT2D eigenvalue weighted by molar-refractivity contribution is 5.77. The molecule has 27 heteroatoms. The summed E-state index contributed by atoms with van der Waals surface area (Å²) in [5.74, 6) is -4.07. The zero-order valence-corrected chi connectivity index (χ0v) is 45.7. The number of hydrogen-bond acceptors (Lipinski definition) is 24. The Morgan fingerprint density at radius 2 is 0.550 bits per heavy atom. The number of ether oxygens (including phenoxy) is 13. The van der Waals surface area contributed by atoms with E-state index in [1.54, 1.807) is 0 Å². The largest absolute Gasteiger partial charge is 0.481 e. The summed E-state index contributed by atoms with van der Waals surface area (Å²) in [5, 5.41) is 35.0. The first-order valence-electron chi connectivity index (χ1n) is 27.3. The standard InChI is InChI=1S/C17H24O9.3C12H18O6/c1-10(18)4-2-6-14(21)25-11-8-23-17-12(9-24-16(11)17)26-15(22)7-3-5-13(19)20;2*1-7-5-16-12-8(6-17-11(7)12)18-10(15)4-2-3-9(13)14;1-7(13)3-2-4-10(15)18-9-6-17-11-8(14)5-16-12(9)11/h11-12,16-17H,2-9H2,1H3,(H,19,20);2*7-8,11-12H,2-6H2,1H3,(H,13,14);8-9,11-12,14H,2-6H2,1H3/t11-,12-,16+,17+;7-,8-,11+,12+;7-,8-,11-,12-;8-,9-,11+,12+/m0010/s1. The quantitative estimate of drug-likeness (QED) is 0.0745. The van der Waals surface area contributed by atoms with Crippen molar-refractivity contribution in [3.8, 4) is 0 Å². The zero-order valence-electron chi connectivity index (χ0n) is 45.7. The summed E-state index contributed by atoms with van der Waals surface area (Å²) in [7, 11) is 0. The maximum absolute atomic E-state index is 11.8. The van der Waals surface area contributed by atoms with Gasteiger partial charge in [0, 0.05) is 76.0 Å². The fourth-order valence-corrected chi connectivity index (χ4v) is 9.94. The first kappa shape index (κ1) is 65.5. The van der Waals surface area contributed by atoms with E-state index in [4.69, 9.17) is 76.9 Å². The van der Waals surface area contributed by atoms with Gasteiger partial charge in [0.25, 0.3) is 0 Å². The molecule has 0 spiro atoms. The van der Waals surface area contributed by atoms with Gasteiger partial charge >= 0.3 is 47.8 Å². The minimum atomic E-state index is -0.964. The van der Waals surface area contributed by atoms with E-state index in [0.29, 0.717) is 76.8 Å². The second-order valence-corrected chi connectivity index (χ2v) is 20.9. The Kier molecular flexibility index (Phi) is 27.0. The number of carboxylic acid groups (broad SMARTS) is 3. The van der Waals surface area contributed by atoms with Crippen LogP contribution in [0.25, 0.3) is 0 Å². The summed E-state index contributed by atoms with van der Waals surface area (Å²) < 4.78 is 70.4. The summed E-state index contributed by atoms with van der Waals surface area (Å²) in [5.41, 5.74) is 0. The minimum Gasteiger partial charge on any atom is -0.481 e. The molecule has 0 radical (unpaired) electrons. The molecule has 452 valence electrons. The van der Waals surface area contributed by atoms with E-state index in [9.17, 15) is 53.1 Å². The van der Waals surface area contributed by atoms with Crippen molar-refractivity contribution in [3.63, 3.8) is 0 Å². The molecule has 0 aromatic rings. The Bertz CT molecular complexity index is 1900. The molecule has 16 atom stereocenters. The van der Waals surface area contributed by atoms with E-state index >= 15 is 0 Å². The molecule has 4 N–H and O–H groups in total. The van der Waals surface area contributed by atoms with Crippen molar-refractivity contribution in [2.75, 3.05) is 52.9 Å². The average Bonchev–Trinajstić information content (AvgIpc) is 4.36. The second-order valence-electron chi connectivity index (χ2n) is 20.9. The monoisotopic (exact) mass is 1150 g/mol. The Hall–Kier alpha value is -5.26. The third-order valence-electron chi connectivity index (χ3n) is 14.0. The van der Waals surface area contributed by atoms with Crippen molar-refractivity contribution in [1.29, 1.82) is 0 Å². The number of carbonyl (C=O) groups excluding carboxylic acids is 7. The van der Waals surface area contributed by atoms with Gasteiger partial charge in [-0.1, -0.05) is 13.8 Å². The number of carbonyl (C=O) groups is 10. The van der Waals surface area contributed by atoms with Gasteiger partial charge in [-0.25, -0.2) is 0 Å². The van der Waals surface area contributed by atoms with Gasteiger partial charge in [0.1, 0.15) is 54.3 Å². The first-order chi connectivity index (χ1) is 38.1. The van der Waals surface area contributed by atoms with Crippen molar-refractivity contribution in [2.24, 2.45) is 11.8 Å². The number of aliphatic hydroxyl groups excluding tert-OH is 1. The van der Waals surface area contributed by atoms with E-state index in [1.807, 2.05) is 13.8 Å². The molecular formula is C53H78O27. The van der Waals surface area contributed by atoms with Crippen LogP contribution in [0.15, 0.2) is 0 Å². The molecule has 0 unspecified atom stereocenters. The smallest absolute Gasteiger partial charge is 0.306 e. The number of hydrogen-bond donors (Lipinski definition) is 4. The molecule has 8 aliphatic rings. The number of esters is 5. The van der Waals surface area contributed by atoms with E-state index < -0.39 is 66.5 Å². The highest BCUT2D eigenvalue weighted by Crippen LogP contribution is 2.35. The highest BCUT2D eigenvalue weighted by atomic mass is 16.7. The van der Waals surface area contributed by atoms with Gasteiger partial charge in [0.15, 0.2) is 30.5 Å². The zero-order chi connectivity index (χ0) is 58.5. The van der Waals surface area contributed by atoms with Gasteiger partial charge in [-0.2, -0.15) is 0 Å². The predicted molar refractivity (Wildman–Crippen MR) is 265 cm³/mol. The van der Waals surface area contributed by atoms with Gasteiger partial charge in [-0.3, -0.25) is 38.4 Å². The molecule has 8 fully saturated rings. The number of rotatable bonds is 25. The third-order valence-corrected chi connectivity index (χ3v) is 14.0. The van der Waals surface area contributed by atoms with Crippen LogP contribution in [0.2, 0.25) is 0 Å². The molecule has 8 aliphatic heterocycles. The van der Waals surface area contributed by atoms with Gasteiger partial charge in [0.2, 0.25) is 0 Å². The molecule has 8 saturated heterocycles. The average molecular weight is 1150 g/mol. The summed E-state index contributed by atoms with van der Waals surface area (Å²) in [6.45, 7) is 9.80. The highest BCUT2D eigenvalue weighted by Gasteiger charge is 2.52. The topological polar surface area (TPSA) is 372 Å². The summed E-state index contributed by atoms with van der Waals surface area (Å²) in [6.07, 6.45) is -2.07. The molecule has 8 rings (SSSR count). The second kappa shape index (κ2) is 33.0. The Labute approximate surface area is 462 Å². The predicted octanol–water partition coefficient (Wildman–Crippen LogP) is 1.61. The lowest BCUT2D eigenvalue weighted by molar-refractivity contribution is -0.156. The first-order valence-corrected chi connectivity index (χ1v) is 27.3. The van der Waals surface area contributed by atoms with Gasteiger partial charge in [-0.05, 0) is 46.0 Å². The van der Waals surface area contributed by atoms with Gasteiger partial charge < -0.3 is 91.6 Å². The van der Waals surface area contributed by atoms with Crippen molar-refractivity contribution >= 4 is 59.3 Å². The van der Waals surface area contributed by atoms with Gasteiger partial charge in [0.05, 0.1) is 65.1 Å². The molecule has 0 aromatic carbocycles. The van der Waals surface area contributed by atoms with Crippen LogP contribution >= 0.6 is 0 Å². The van der Waals surface area contributed by atoms with Crippen LogP contribution in [0.4, 0.5) is 0 Å².